The van der Waals surface area contributed by atoms with Crippen LogP contribution in [0.3, 0.4) is 0 Å². The van der Waals surface area contributed by atoms with E-state index in [9.17, 15) is 5.11 Å². The molecule has 4 fully saturated rings. The van der Waals surface area contributed by atoms with Crippen molar-refractivity contribution in [2.24, 2.45) is 28.6 Å². The highest BCUT2D eigenvalue weighted by Gasteiger charge is 2.58. The molecule has 0 unspecified atom stereocenters. The van der Waals surface area contributed by atoms with Crippen LogP contribution in [0.4, 0.5) is 0 Å². The smallest absolute Gasteiger partial charge is 0.522 e. The van der Waals surface area contributed by atoms with Crippen molar-refractivity contribution in [3.8, 4) is 0 Å². The van der Waals surface area contributed by atoms with Crippen LogP contribution < -0.4 is 0 Å². The summed E-state index contributed by atoms with van der Waals surface area (Å²) in [5, 5.41) is 10.2. The van der Waals surface area contributed by atoms with Gasteiger partial charge in [0.15, 0.2) is 0 Å². The number of rotatable bonds is 0. The molecule has 1 aliphatic heterocycles. The zero-order valence-corrected chi connectivity index (χ0v) is 16.6. The number of hydrogen-bond donors (Lipinski definition) is 1. The molecular weight excluding hydrogens is 323 g/mol. The molecule has 0 bridgehead atoms. The van der Waals surface area contributed by atoms with Crippen molar-refractivity contribution in [3.05, 3.63) is 23.0 Å². The molecule has 142 valence electrons. The quantitative estimate of drug-likeness (QED) is 0.504. The van der Waals surface area contributed by atoms with E-state index in [1.54, 1.807) is 11.1 Å². The largest absolute Gasteiger partial charge is 0.538 e. The molecular formula is C22H33BO3. The molecule has 4 aliphatic carbocycles. The first kappa shape index (κ1) is 17.4. The maximum atomic E-state index is 10.2. The summed E-state index contributed by atoms with van der Waals surface area (Å²) in [5.41, 5.74) is 3.78. The van der Waals surface area contributed by atoms with Gasteiger partial charge >= 0.3 is 7.12 Å². The minimum absolute atomic E-state index is 0.0794. The molecule has 0 aromatic carbocycles. The van der Waals surface area contributed by atoms with E-state index >= 15 is 0 Å². The molecule has 5 rings (SSSR count). The molecule has 6 atom stereocenters. The summed E-state index contributed by atoms with van der Waals surface area (Å²) in [5.74, 6) is 3.54. The van der Waals surface area contributed by atoms with Crippen LogP contribution in [0.1, 0.15) is 65.2 Å². The van der Waals surface area contributed by atoms with E-state index in [1.165, 1.54) is 38.5 Å². The van der Waals surface area contributed by atoms with E-state index in [0.717, 1.165) is 36.4 Å². The molecule has 0 spiro atoms. The van der Waals surface area contributed by atoms with Crippen LogP contribution in [0.15, 0.2) is 23.0 Å². The van der Waals surface area contributed by atoms with Crippen molar-refractivity contribution in [1.82, 2.24) is 0 Å². The average molecular weight is 356 g/mol. The van der Waals surface area contributed by atoms with Gasteiger partial charge < -0.3 is 14.4 Å². The van der Waals surface area contributed by atoms with E-state index in [0.29, 0.717) is 17.4 Å². The van der Waals surface area contributed by atoms with Crippen molar-refractivity contribution < 1.29 is 14.4 Å². The summed E-state index contributed by atoms with van der Waals surface area (Å²) < 4.78 is 11.7. The van der Waals surface area contributed by atoms with Crippen molar-refractivity contribution in [2.75, 3.05) is 6.61 Å². The van der Waals surface area contributed by atoms with E-state index in [4.69, 9.17) is 9.31 Å². The van der Waals surface area contributed by atoms with Crippen LogP contribution in [0, 0.1) is 28.6 Å². The Morgan fingerprint density at radius 3 is 2.65 bits per heavy atom. The lowest BCUT2D eigenvalue weighted by atomic mass is 9.48. The lowest BCUT2D eigenvalue weighted by Gasteiger charge is -2.57. The molecule has 0 amide bonds. The Labute approximate surface area is 158 Å². The zero-order chi connectivity index (χ0) is 18.1. The van der Waals surface area contributed by atoms with Gasteiger partial charge in [-0.1, -0.05) is 25.5 Å². The fourth-order valence-corrected chi connectivity index (χ4v) is 7.53. The Balaban J connectivity index is 1.47. The van der Waals surface area contributed by atoms with Gasteiger partial charge in [0.25, 0.3) is 0 Å². The number of aliphatic hydroxyl groups excluding tert-OH is 1. The number of fused-ring (bicyclic) bond motifs is 5. The monoisotopic (exact) mass is 356 g/mol. The Morgan fingerprint density at radius 1 is 1.12 bits per heavy atom. The molecule has 4 heteroatoms. The number of allylic oxidation sites excluding steroid dienone is 2. The van der Waals surface area contributed by atoms with Gasteiger partial charge in [-0.3, -0.25) is 0 Å². The van der Waals surface area contributed by atoms with E-state index in [1.807, 2.05) is 6.82 Å². The predicted molar refractivity (Wildman–Crippen MR) is 103 cm³/mol. The van der Waals surface area contributed by atoms with Gasteiger partial charge in [-0.2, -0.15) is 0 Å². The third-order valence-corrected chi connectivity index (χ3v) is 8.96. The van der Waals surface area contributed by atoms with Crippen molar-refractivity contribution in [1.29, 1.82) is 0 Å². The first-order chi connectivity index (χ1) is 12.4. The molecule has 0 radical (unpaired) electrons. The number of hydrogen-bond acceptors (Lipinski definition) is 3. The van der Waals surface area contributed by atoms with Gasteiger partial charge in [0.1, 0.15) is 5.76 Å². The lowest BCUT2D eigenvalue weighted by molar-refractivity contribution is -0.0274. The lowest BCUT2D eigenvalue weighted by Crippen LogP contribution is -2.49. The molecule has 1 N–H and O–H groups in total. The highest BCUT2D eigenvalue weighted by atomic mass is 16.6. The van der Waals surface area contributed by atoms with Gasteiger partial charge in [-0.15, -0.1) is 0 Å². The fourth-order valence-electron chi connectivity index (χ4n) is 7.53. The molecule has 3 saturated carbocycles. The minimum Gasteiger partial charge on any atom is -0.538 e. The van der Waals surface area contributed by atoms with Gasteiger partial charge in [0, 0.05) is 0 Å². The Hall–Kier alpha value is -0.735. The first-order valence-electron chi connectivity index (χ1n) is 10.8. The second-order valence-electron chi connectivity index (χ2n) is 10.0. The SMILES string of the molecule is CB1OC/C(=C2/CC[C@H]3[C@@H]4CC=C5C[C@@H](O)CC[C@]5(C)[C@H]4CC[C@]23C)O1. The Bertz CT molecular complexity index is 670. The normalized spacial score (nSPS) is 50.6. The highest BCUT2D eigenvalue weighted by Crippen LogP contribution is 2.66. The van der Waals surface area contributed by atoms with Crippen molar-refractivity contribution >= 4 is 7.12 Å². The van der Waals surface area contributed by atoms with Crippen LogP contribution in [-0.2, 0) is 9.31 Å². The topological polar surface area (TPSA) is 38.7 Å². The summed E-state index contributed by atoms with van der Waals surface area (Å²) in [4.78, 5) is 0. The molecule has 0 aromatic heterocycles. The summed E-state index contributed by atoms with van der Waals surface area (Å²) in [7, 11) is -0.0794. The van der Waals surface area contributed by atoms with Gasteiger partial charge in [0.2, 0.25) is 0 Å². The van der Waals surface area contributed by atoms with Crippen LogP contribution in [0.5, 0.6) is 0 Å². The van der Waals surface area contributed by atoms with Gasteiger partial charge in [-0.25, -0.2) is 0 Å². The second kappa shape index (κ2) is 5.88. The van der Waals surface area contributed by atoms with Crippen LogP contribution >= 0.6 is 0 Å². The van der Waals surface area contributed by atoms with Crippen molar-refractivity contribution in [3.63, 3.8) is 0 Å². The molecule has 3 nitrogen and oxygen atoms in total. The average Bonchev–Trinajstić information content (AvgIpc) is 3.18. The maximum absolute atomic E-state index is 10.2. The maximum Gasteiger partial charge on any atom is 0.522 e. The zero-order valence-electron chi connectivity index (χ0n) is 16.6. The van der Waals surface area contributed by atoms with E-state index < -0.39 is 0 Å². The Kier molecular flexibility index (Phi) is 3.93. The fraction of sp³-hybridized carbons (Fsp3) is 0.818. The number of aliphatic hydroxyl groups is 1. The third kappa shape index (κ3) is 2.34. The minimum atomic E-state index is -0.107. The predicted octanol–water partition coefficient (Wildman–Crippen LogP) is 4.73. The molecule has 1 saturated heterocycles. The first-order valence-corrected chi connectivity index (χ1v) is 10.8. The van der Waals surface area contributed by atoms with Gasteiger partial charge in [0.05, 0.1) is 12.7 Å². The van der Waals surface area contributed by atoms with Crippen LogP contribution in [-0.4, -0.2) is 24.9 Å². The molecule has 1 heterocycles. The summed E-state index contributed by atoms with van der Waals surface area (Å²) in [6.07, 6.45) is 11.8. The van der Waals surface area contributed by atoms with E-state index in [2.05, 4.69) is 19.9 Å². The molecule has 26 heavy (non-hydrogen) atoms. The molecule has 0 aromatic rings. The standard InChI is InChI=1S/C22H33BO3/c1-21-10-8-15(24)12-14(21)4-5-16-17-6-7-19(20-13-25-23(3)26-20)22(17,2)11-9-18(16)21/h4,15-18,24H,5-13H2,1-3H3/b20-19+/t15-,16-,17-,18-,21-,22-/m0/s1. The van der Waals surface area contributed by atoms with Crippen molar-refractivity contribution in [2.45, 2.75) is 78.1 Å². The van der Waals surface area contributed by atoms with Crippen LogP contribution in [0.25, 0.3) is 0 Å². The Morgan fingerprint density at radius 2 is 1.88 bits per heavy atom. The van der Waals surface area contributed by atoms with Gasteiger partial charge in [-0.05, 0) is 92.3 Å². The van der Waals surface area contributed by atoms with Crippen LogP contribution in [0.2, 0.25) is 6.82 Å². The van der Waals surface area contributed by atoms with E-state index in [-0.39, 0.29) is 13.2 Å². The summed E-state index contributed by atoms with van der Waals surface area (Å²) in [6, 6.07) is 0. The highest BCUT2D eigenvalue weighted by molar-refractivity contribution is 6.43. The second-order valence-corrected chi connectivity index (χ2v) is 10.0. The third-order valence-electron chi connectivity index (χ3n) is 8.96. The summed E-state index contributed by atoms with van der Waals surface area (Å²) >= 11 is 0. The summed E-state index contributed by atoms with van der Waals surface area (Å²) in [6.45, 7) is 7.70. The molecule has 5 aliphatic rings.